The quantitative estimate of drug-likeness (QED) is 0.736. The number of halogens is 1. The van der Waals surface area contributed by atoms with Crippen molar-refractivity contribution in [3.63, 3.8) is 0 Å². The predicted molar refractivity (Wildman–Crippen MR) is 79.4 cm³/mol. The zero-order valence-electron chi connectivity index (χ0n) is 9.70. The summed E-state index contributed by atoms with van der Waals surface area (Å²) in [6.45, 7) is 0. The zero-order valence-corrected chi connectivity index (χ0v) is 13.8. The Morgan fingerprint density at radius 2 is 1.78 bits per heavy atom. The molecule has 0 aromatic heterocycles. The summed E-state index contributed by atoms with van der Waals surface area (Å²) < 4.78 is 34.1. The van der Waals surface area contributed by atoms with Crippen molar-refractivity contribution < 1.29 is 17.5 Å². The molecule has 18 heavy (non-hydrogen) atoms. The molecule has 1 aromatic rings. The van der Waals surface area contributed by atoms with Gasteiger partial charge in [-0.2, -0.15) is 0 Å². The van der Waals surface area contributed by atoms with Gasteiger partial charge in [-0.1, -0.05) is 23.0 Å². The Hall–Kier alpha value is 0.380. The van der Waals surface area contributed by atoms with Crippen LogP contribution < -0.4 is 0 Å². The summed E-state index contributed by atoms with van der Waals surface area (Å²) in [6, 6.07) is 5.98. The van der Waals surface area contributed by atoms with Gasteiger partial charge in [-0.15, -0.1) is 0 Å². The SMILES string of the molecule is COP(=S)(OC)SCS(=O)(=O)c1ccc(Cl)cc1. The van der Waals surface area contributed by atoms with Gasteiger partial charge >= 0.3 is 0 Å². The summed E-state index contributed by atoms with van der Waals surface area (Å²) >= 11 is 11.8. The molecule has 0 unspecified atom stereocenters. The Morgan fingerprint density at radius 3 is 2.22 bits per heavy atom. The van der Waals surface area contributed by atoms with E-state index in [4.69, 9.17) is 32.5 Å². The maximum atomic E-state index is 12.0. The fraction of sp³-hybridized carbons (Fsp3) is 0.333. The second-order valence-electron chi connectivity index (χ2n) is 3.13. The molecule has 0 radical (unpaired) electrons. The van der Waals surface area contributed by atoms with Crippen molar-refractivity contribution in [2.24, 2.45) is 0 Å². The van der Waals surface area contributed by atoms with Gasteiger partial charge in [-0.3, -0.25) is 0 Å². The van der Waals surface area contributed by atoms with Crippen LogP contribution in [0.15, 0.2) is 29.2 Å². The minimum atomic E-state index is -3.42. The third-order valence-corrected chi connectivity index (χ3v) is 10.7. The first-order chi connectivity index (χ1) is 8.33. The second-order valence-corrected chi connectivity index (χ2v) is 12.4. The Labute approximate surface area is 121 Å². The number of sulfone groups is 1. The Bertz CT molecular complexity index is 535. The molecular formula is C9H12ClO4PS3. The number of hydrogen-bond acceptors (Lipinski definition) is 6. The number of hydrogen-bond donors (Lipinski definition) is 0. The van der Waals surface area contributed by atoms with Gasteiger partial charge in [0.1, 0.15) is 5.08 Å². The molecule has 0 aliphatic heterocycles. The van der Waals surface area contributed by atoms with E-state index in [0.29, 0.717) is 5.02 Å². The van der Waals surface area contributed by atoms with Crippen LogP contribution in [-0.2, 0) is 30.7 Å². The highest BCUT2D eigenvalue weighted by Crippen LogP contribution is 2.60. The van der Waals surface area contributed by atoms with Crippen molar-refractivity contribution in [1.29, 1.82) is 0 Å². The van der Waals surface area contributed by atoms with Gasteiger partial charge in [0.05, 0.1) is 4.90 Å². The van der Waals surface area contributed by atoms with Crippen LogP contribution in [-0.4, -0.2) is 27.7 Å². The summed E-state index contributed by atoms with van der Waals surface area (Å²) in [5.74, 6) is 0. The van der Waals surface area contributed by atoms with E-state index in [1.54, 1.807) is 0 Å². The molecule has 1 rings (SSSR count). The lowest BCUT2D eigenvalue weighted by Crippen LogP contribution is -2.04. The molecule has 0 aliphatic carbocycles. The largest absolute Gasteiger partial charge is 0.325 e. The van der Waals surface area contributed by atoms with Crippen LogP contribution in [0.1, 0.15) is 0 Å². The minimum absolute atomic E-state index is 0.187. The van der Waals surface area contributed by atoms with E-state index < -0.39 is 15.5 Å². The summed E-state index contributed by atoms with van der Waals surface area (Å²) in [7, 11) is -0.607. The number of benzene rings is 1. The fourth-order valence-corrected chi connectivity index (χ4v) is 7.88. The lowest BCUT2D eigenvalue weighted by molar-refractivity contribution is 0.354. The number of rotatable bonds is 6. The van der Waals surface area contributed by atoms with E-state index in [1.165, 1.54) is 38.5 Å². The van der Waals surface area contributed by atoms with E-state index >= 15 is 0 Å². The van der Waals surface area contributed by atoms with Crippen molar-refractivity contribution in [2.75, 3.05) is 19.3 Å². The minimum Gasteiger partial charge on any atom is -0.325 e. The highest BCUT2D eigenvalue weighted by Gasteiger charge is 2.22. The van der Waals surface area contributed by atoms with Crippen LogP contribution >= 0.6 is 28.7 Å². The van der Waals surface area contributed by atoms with Gasteiger partial charge in [0.15, 0.2) is 9.84 Å². The molecule has 0 fully saturated rings. The van der Waals surface area contributed by atoms with E-state index in [-0.39, 0.29) is 9.98 Å². The van der Waals surface area contributed by atoms with E-state index in [9.17, 15) is 8.42 Å². The Morgan fingerprint density at radius 1 is 1.28 bits per heavy atom. The monoisotopic (exact) mass is 346 g/mol. The van der Waals surface area contributed by atoms with Gasteiger partial charge in [-0.25, -0.2) is 8.42 Å². The first-order valence-corrected chi connectivity index (χ1v) is 10.9. The third-order valence-electron chi connectivity index (χ3n) is 1.99. The highest BCUT2D eigenvalue weighted by atomic mass is 35.5. The molecule has 0 bridgehead atoms. The summed E-state index contributed by atoms with van der Waals surface area (Å²) in [4.78, 5) is 0.202. The van der Waals surface area contributed by atoms with Crippen molar-refractivity contribution in [1.82, 2.24) is 0 Å². The Balaban J connectivity index is 2.83. The standard InChI is InChI=1S/C9H12ClO4PS3/c1-13-15(16,14-2)17-7-18(11,12)9-5-3-8(10)4-6-9/h3-6H,7H2,1-2H3. The van der Waals surface area contributed by atoms with Gasteiger partial charge in [0.25, 0.3) is 0 Å². The maximum Gasteiger partial charge on any atom is 0.247 e. The zero-order chi connectivity index (χ0) is 13.8. The van der Waals surface area contributed by atoms with Gasteiger partial charge in [-0.05, 0) is 36.1 Å². The van der Waals surface area contributed by atoms with Gasteiger partial charge in [0, 0.05) is 19.2 Å². The van der Waals surface area contributed by atoms with Gasteiger partial charge < -0.3 is 9.05 Å². The summed E-state index contributed by atoms with van der Waals surface area (Å²) in [5, 5.41) is 0.300. The predicted octanol–water partition coefficient (Wildman–Crippen LogP) is 3.32. The van der Waals surface area contributed by atoms with Crippen LogP contribution in [0.3, 0.4) is 0 Å². The molecule has 9 heteroatoms. The lowest BCUT2D eigenvalue weighted by atomic mass is 10.4. The van der Waals surface area contributed by atoms with Crippen LogP contribution in [0.2, 0.25) is 5.02 Å². The molecule has 4 nitrogen and oxygen atoms in total. The van der Waals surface area contributed by atoms with E-state index in [0.717, 1.165) is 11.4 Å². The van der Waals surface area contributed by atoms with Crippen LogP contribution in [0.25, 0.3) is 0 Å². The molecule has 0 aliphatic rings. The van der Waals surface area contributed by atoms with Crippen LogP contribution in [0.5, 0.6) is 0 Å². The maximum absolute atomic E-state index is 12.0. The first-order valence-electron chi connectivity index (χ1n) is 4.67. The van der Waals surface area contributed by atoms with Crippen molar-refractivity contribution >= 4 is 50.3 Å². The first kappa shape index (κ1) is 16.4. The average Bonchev–Trinajstić information content (AvgIpc) is 2.37. The van der Waals surface area contributed by atoms with Crippen molar-refractivity contribution in [3.05, 3.63) is 29.3 Å². The topological polar surface area (TPSA) is 52.6 Å². The second kappa shape index (κ2) is 6.70. The molecule has 1 aromatic carbocycles. The van der Waals surface area contributed by atoms with Crippen molar-refractivity contribution in [3.8, 4) is 0 Å². The molecule has 0 saturated carbocycles. The molecule has 0 N–H and O–H groups in total. The Kier molecular flexibility index (Phi) is 6.12. The third kappa shape index (κ3) is 4.49. The molecule has 102 valence electrons. The van der Waals surface area contributed by atoms with Gasteiger partial charge in [0.2, 0.25) is 5.69 Å². The average molecular weight is 347 g/mol. The van der Waals surface area contributed by atoms with Crippen molar-refractivity contribution in [2.45, 2.75) is 4.90 Å². The van der Waals surface area contributed by atoms with E-state index in [1.807, 2.05) is 0 Å². The highest BCUT2D eigenvalue weighted by molar-refractivity contribution is 8.69. The summed E-state index contributed by atoms with van der Waals surface area (Å²) in [5.41, 5.74) is -2.56. The lowest BCUT2D eigenvalue weighted by Gasteiger charge is -2.16. The fourth-order valence-electron chi connectivity index (χ4n) is 1.02. The molecular weight excluding hydrogens is 335 g/mol. The molecule has 0 amide bonds. The molecule has 0 atom stereocenters. The molecule has 0 spiro atoms. The molecule has 0 saturated heterocycles. The van der Waals surface area contributed by atoms with Crippen LogP contribution in [0.4, 0.5) is 0 Å². The normalized spacial score (nSPS) is 12.6. The van der Waals surface area contributed by atoms with Crippen LogP contribution in [0, 0.1) is 0 Å². The van der Waals surface area contributed by atoms with E-state index in [2.05, 4.69) is 0 Å². The smallest absolute Gasteiger partial charge is 0.247 e. The molecule has 0 heterocycles. The summed E-state index contributed by atoms with van der Waals surface area (Å²) in [6.07, 6.45) is 0.